The Morgan fingerprint density at radius 2 is 2.17 bits per heavy atom. The third-order valence-electron chi connectivity index (χ3n) is 3.79. The summed E-state index contributed by atoms with van der Waals surface area (Å²) in [4.78, 5) is 14.3. The zero-order valence-electron chi connectivity index (χ0n) is 10.3. The van der Waals surface area contributed by atoms with Crippen LogP contribution >= 0.6 is 11.8 Å². The van der Waals surface area contributed by atoms with Crippen molar-refractivity contribution in [1.29, 1.82) is 0 Å². The Kier molecular flexibility index (Phi) is 3.57. The first-order chi connectivity index (χ1) is 8.84. The number of nitrogens with zero attached hydrogens (tertiary/aromatic N) is 1. The number of nitrogens with one attached hydrogen (secondary N) is 1. The number of benzene rings is 1. The van der Waals surface area contributed by atoms with Crippen LogP contribution in [0.1, 0.15) is 17.9 Å². The van der Waals surface area contributed by atoms with Gasteiger partial charge in [0.2, 0.25) is 5.91 Å². The van der Waals surface area contributed by atoms with Gasteiger partial charge in [-0.1, -0.05) is 30.3 Å². The molecule has 0 radical (unpaired) electrons. The Labute approximate surface area is 112 Å². The standard InChI is InChI=1S/C14H18N2OS/c17-14(13-9-18-10-15-13)16-7-6-12(8-16)11-4-2-1-3-5-11/h1-5,12-13,15H,6-10H2. The van der Waals surface area contributed by atoms with E-state index in [-0.39, 0.29) is 6.04 Å². The van der Waals surface area contributed by atoms with Crippen LogP contribution in [-0.4, -0.2) is 41.6 Å². The average molecular weight is 262 g/mol. The fourth-order valence-electron chi connectivity index (χ4n) is 2.73. The molecule has 2 saturated heterocycles. The SMILES string of the molecule is O=C(C1CSCN1)N1CCC(c2ccccc2)C1. The quantitative estimate of drug-likeness (QED) is 0.880. The van der Waals surface area contributed by atoms with E-state index in [9.17, 15) is 4.79 Å². The summed E-state index contributed by atoms with van der Waals surface area (Å²) in [5.41, 5.74) is 1.36. The number of rotatable bonds is 2. The fourth-order valence-corrected chi connectivity index (χ4v) is 3.66. The number of amides is 1. The first-order valence-corrected chi connectivity index (χ1v) is 7.65. The van der Waals surface area contributed by atoms with Gasteiger partial charge in [-0.05, 0) is 12.0 Å². The van der Waals surface area contributed by atoms with Gasteiger partial charge >= 0.3 is 0 Å². The molecule has 0 spiro atoms. The van der Waals surface area contributed by atoms with Gasteiger partial charge in [0.05, 0.1) is 6.04 Å². The van der Waals surface area contributed by atoms with Crippen LogP contribution in [0.15, 0.2) is 30.3 Å². The second-order valence-corrected chi connectivity index (χ2v) is 5.98. The maximum Gasteiger partial charge on any atom is 0.240 e. The van der Waals surface area contributed by atoms with Crippen LogP contribution in [0.4, 0.5) is 0 Å². The number of hydrogen-bond acceptors (Lipinski definition) is 3. The lowest BCUT2D eigenvalue weighted by molar-refractivity contribution is -0.131. The first kappa shape index (κ1) is 12.1. The molecule has 3 nitrogen and oxygen atoms in total. The normalized spacial score (nSPS) is 27.7. The smallest absolute Gasteiger partial charge is 0.240 e. The Balaban J connectivity index is 1.63. The molecule has 2 aliphatic heterocycles. The van der Waals surface area contributed by atoms with Crippen molar-refractivity contribution in [2.75, 3.05) is 24.7 Å². The van der Waals surface area contributed by atoms with Gasteiger partial charge in [-0.25, -0.2) is 0 Å². The molecule has 2 atom stereocenters. The summed E-state index contributed by atoms with van der Waals surface area (Å²) in [6.45, 7) is 1.78. The molecule has 4 heteroatoms. The maximum atomic E-state index is 12.3. The van der Waals surface area contributed by atoms with Gasteiger partial charge in [-0.2, -0.15) is 0 Å². The van der Waals surface area contributed by atoms with Crippen LogP contribution in [-0.2, 0) is 4.79 Å². The Hall–Kier alpha value is -1.00. The Morgan fingerprint density at radius 1 is 1.33 bits per heavy atom. The minimum atomic E-state index is 0.0459. The summed E-state index contributed by atoms with van der Waals surface area (Å²) in [5, 5.41) is 3.26. The molecular formula is C14H18N2OS. The average Bonchev–Trinajstić information content (AvgIpc) is 3.10. The zero-order chi connectivity index (χ0) is 12.4. The van der Waals surface area contributed by atoms with Crippen LogP contribution in [0.25, 0.3) is 0 Å². The van der Waals surface area contributed by atoms with E-state index in [0.717, 1.165) is 31.1 Å². The number of hydrogen-bond donors (Lipinski definition) is 1. The lowest BCUT2D eigenvalue weighted by Crippen LogP contribution is -2.43. The summed E-state index contributed by atoms with van der Waals surface area (Å²) in [5.74, 6) is 2.64. The van der Waals surface area contributed by atoms with E-state index in [0.29, 0.717) is 11.8 Å². The van der Waals surface area contributed by atoms with E-state index < -0.39 is 0 Å². The molecule has 1 N–H and O–H groups in total. The van der Waals surface area contributed by atoms with E-state index in [1.165, 1.54) is 5.56 Å². The molecule has 2 heterocycles. The van der Waals surface area contributed by atoms with Crippen molar-refractivity contribution in [3.05, 3.63) is 35.9 Å². The van der Waals surface area contributed by atoms with Gasteiger partial charge in [-0.15, -0.1) is 11.8 Å². The highest BCUT2D eigenvalue weighted by Crippen LogP contribution is 2.27. The number of likely N-dealkylation sites (tertiary alicyclic amines) is 1. The molecule has 1 amide bonds. The highest BCUT2D eigenvalue weighted by atomic mass is 32.2. The van der Waals surface area contributed by atoms with Gasteiger partial charge < -0.3 is 4.90 Å². The predicted molar refractivity (Wildman–Crippen MR) is 74.6 cm³/mol. The predicted octanol–water partition coefficient (Wildman–Crippen LogP) is 1.67. The van der Waals surface area contributed by atoms with Crippen LogP contribution in [0.2, 0.25) is 0 Å². The Bertz CT molecular complexity index is 417. The molecule has 0 bridgehead atoms. The second-order valence-electron chi connectivity index (χ2n) is 4.95. The minimum absolute atomic E-state index is 0.0459. The third-order valence-corrected chi connectivity index (χ3v) is 4.73. The third kappa shape index (κ3) is 2.40. The summed E-state index contributed by atoms with van der Waals surface area (Å²) in [6, 6.07) is 10.6. The van der Waals surface area contributed by atoms with Gasteiger partial charge in [0.25, 0.3) is 0 Å². The monoisotopic (exact) mass is 262 g/mol. The number of thioether (sulfide) groups is 1. The van der Waals surface area contributed by atoms with Gasteiger partial charge in [-0.3, -0.25) is 10.1 Å². The Morgan fingerprint density at radius 3 is 2.89 bits per heavy atom. The maximum absolute atomic E-state index is 12.3. The molecule has 2 aliphatic rings. The molecule has 3 rings (SSSR count). The van der Waals surface area contributed by atoms with Gasteiger partial charge in [0, 0.05) is 30.6 Å². The molecule has 2 fully saturated rings. The largest absolute Gasteiger partial charge is 0.341 e. The summed E-state index contributed by atoms with van der Waals surface area (Å²) in [6.07, 6.45) is 1.09. The summed E-state index contributed by atoms with van der Waals surface area (Å²) in [7, 11) is 0. The molecule has 0 aromatic heterocycles. The molecule has 0 saturated carbocycles. The van der Waals surface area contributed by atoms with Crippen molar-refractivity contribution in [1.82, 2.24) is 10.2 Å². The lowest BCUT2D eigenvalue weighted by atomic mass is 9.99. The summed E-state index contributed by atoms with van der Waals surface area (Å²) < 4.78 is 0. The van der Waals surface area contributed by atoms with Crippen molar-refractivity contribution in [2.24, 2.45) is 0 Å². The number of carbonyl (C=O) groups is 1. The molecule has 18 heavy (non-hydrogen) atoms. The van der Waals surface area contributed by atoms with Crippen molar-refractivity contribution in [3.63, 3.8) is 0 Å². The topological polar surface area (TPSA) is 32.3 Å². The minimum Gasteiger partial charge on any atom is -0.341 e. The van der Waals surface area contributed by atoms with Crippen molar-refractivity contribution in [2.45, 2.75) is 18.4 Å². The molecular weight excluding hydrogens is 244 g/mol. The van der Waals surface area contributed by atoms with Gasteiger partial charge in [0.1, 0.15) is 0 Å². The van der Waals surface area contributed by atoms with Crippen LogP contribution in [0.3, 0.4) is 0 Å². The van der Waals surface area contributed by atoms with E-state index in [1.807, 2.05) is 22.7 Å². The molecule has 1 aromatic carbocycles. The molecule has 96 valence electrons. The molecule has 1 aromatic rings. The lowest BCUT2D eigenvalue weighted by Gasteiger charge is -2.20. The van der Waals surface area contributed by atoms with Crippen molar-refractivity contribution >= 4 is 17.7 Å². The van der Waals surface area contributed by atoms with E-state index in [2.05, 4.69) is 29.6 Å². The van der Waals surface area contributed by atoms with Crippen LogP contribution in [0, 0.1) is 0 Å². The van der Waals surface area contributed by atoms with Crippen LogP contribution < -0.4 is 5.32 Å². The molecule has 2 unspecified atom stereocenters. The van der Waals surface area contributed by atoms with Crippen molar-refractivity contribution in [3.8, 4) is 0 Å². The second kappa shape index (κ2) is 5.33. The van der Waals surface area contributed by atoms with E-state index in [4.69, 9.17) is 0 Å². The van der Waals surface area contributed by atoms with Gasteiger partial charge in [0.15, 0.2) is 0 Å². The van der Waals surface area contributed by atoms with E-state index >= 15 is 0 Å². The fraction of sp³-hybridized carbons (Fsp3) is 0.500. The van der Waals surface area contributed by atoms with Crippen LogP contribution in [0.5, 0.6) is 0 Å². The first-order valence-electron chi connectivity index (χ1n) is 6.49. The van der Waals surface area contributed by atoms with Crippen molar-refractivity contribution < 1.29 is 4.79 Å². The highest BCUT2D eigenvalue weighted by Gasteiger charge is 2.32. The highest BCUT2D eigenvalue weighted by molar-refractivity contribution is 7.99. The zero-order valence-corrected chi connectivity index (χ0v) is 11.2. The molecule has 0 aliphatic carbocycles. The summed E-state index contributed by atoms with van der Waals surface area (Å²) >= 11 is 1.81. The van der Waals surface area contributed by atoms with E-state index in [1.54, 1.807) is 0 Å². The number of carbonyl (C=O) groups excluding carboxylic acids is 1.